The molecule has 0 atom stereocenters. The molecule has 0 aliphatic heterocycles. The van der Waals surface area contributed by atoms with Crippen LogP contribution in [0.5, 0.6) is 5.75 Å². The summed E-state index contributed by atoms with van der Waals surface area (Å²) in [6, 6.07) is 16.3. The maximum absolute atomic E-state index is 12.2. The predicted molar refractivity (Wildman–Crippen MR) is 102 cm³/mol. The molecule has 3 rings (SSSR count). The monoisotopic (exact) mass is 368 g/mol. The van der Waals surface area contributed by atoms with Crippen molar-refractivity contribution in [3.63, 3.8) is 0 Å². The van der Waals surface area contributed by atoms with E-state index in [1.807, 2.05) is 37.3 Å². The molecule has 0 fully saturated rings. The molecule has 0 saturated carbocycles. The number of hydrazone groups is 1. The summed E-state index contributed by atoms with van der Waals surface area (Å²) in [7, 11) is 1.52. The number of methoxy groups -OCH3 is 1. The van der Waals surface area contributed by atoms with E-state index in [0.29, 0.717) is 27.9 Å². The second-order valence-corrected chi connectivity index (χ2v) is 6.05. The molecule has 26 heavy (non-hydrogen) atoms. The fourth-order valence-corrected chi connectivity index (χ4v) is 2.61. The van der Waals surface area contributed by atoms with Crippen molar-refractivity contribution < 1.29 is 13.9 Å². The third-order valence-electron chi connectivity index (χ3n) is 3.70. The third-order valence-corrected chi connectivity index (χ3v) is 3.93. The first kappa shape index (κ1) is 17.8. The average molecular weight is 369 g/mol. The number of nitrogens with zero attached hydrogens (tertiary/aromatic N) is 1. The molecule has 1 heterocycles. The topological polar surface area (TPSA) is 63.8 Å². The van der Waals surface area contributed by atoms with Crippen LogP contribution in [0.1, 0.15) is 21.7 Å². The minimum absolute atomic E-state index is 0.361. The summed E-state index contributed by atoms with van der Waals surface area (Å²) >= 11 is 5.99. The predicted octanol–water partition coefficient (Wildman–Crippen LogP) is 4.68. The van der Waals surface area contributed by atoms with E-state index >= 15 is 0 Å². The van der Waals surface area contributed by atoms with E-state index in [-0.39, 0.29) is 5.91 Å². The molecule has 0 aliphatic carbocycles. The van der Waals surface area contributed by atoms with E-state index in [9.17, 15) is 4.79 Å². The first-order valence-corrected chi connectivity index (χ1v) is 8.28. The summed E-state index contributed by atoms with van der Waals surface area (Å²) in [6.07, 6.45) is 1.44. The number of ether oxygens (including phenoxy) is 1. The van der Waals surface area contributed by atoms with E-state index < -0.39 is 0 Å². The van der Waals surface area contributed by atoms with Gasteiger partial charge in [-0.05, 0) is 48.9 Å². The molecule has 1 N–H and O–H groups in total. The Morgan fingerprint density at radius 2 is 2.04 bits per heavy atom. The lowest BCUT2D eigenvalue weighted by molar-refractivity contribution is 0.0952. The molecule has 2 aromatic carbocycles. The number of rotatable bonds is 5. The highest BCUT2D eigenvalue weighted by Gasteiger charge is 2.11. The third kappa shape index (κ3) is 4.13. The van der Waals surface area contributed by atoms with Crippen LogP contribution in [0.25, 0.3) is 11.3 Å². The van der Waals surface area contributed by atoms with Crippen LogP contribution in [0.2, 0.25) is 5.02 Å². The summed E-state index contributed by atoms with van der Waals surface area (Å²) in [5, 5.41) is 4.57. The second-order valence-electron chi connectivity index (χ2n) is 5.62. The summed E-state index contributed by atoms with van der Waals surface area (Å²) in [4.78, 5) is 12.2. The quantitative estimate of drug-likeness (QED) is 0.525. The lowest BCUT2D eigenvalue weighted by Crippen LogP contribution is -2.18. The number of nitrogens with one attached hydrogen (secondary N) is 1. The molecule has 0 bridgehead atoms. The lowest BCUT2D eigenvalue weighted by Gasteiger charge is -2.07. The van der Waals surface area contributed by atoms with Crippen LogP contribution in [0, 0.1) is 6.92 Å². The number of carbonyl (C=O) groups is 1. The van der Waals surface area contributed by atoms with E-state index in [2.05, 4.69) is 10.5 Å². The Morgan fingerprint density at radius 3 is 2.81 bits per heavy atom. The van der Waals surface area contributed by atoms with Crippen LogP contribution >= 0.6 is 11.6 Å². The highest BCUT2D eigenvalue weighted by molar-refractivity contribution is 6.30. The standard InChI is InChI=1S/C20H17ClN2O3/c1-13-6-8-17(19(10-13)25-2)20(24)23-22-12-16-7-9-18(26-16)14-4-3-5-15(21)11-14/h3-12H,1-2H3,(H,23,24)/b22-12-. The van der Waals surface area contributed by atoms with Crippen molar-refractivity contribution in [2.45, 2.75) is 6.92 Å². The van der Waals surface area contributed by atoms with Crippen LogP contribution in [0.3, 0.4) is 0 Å². The Balaban J connectivity index is 1.69. The largest absolute Gasteiger partial charge is 0.496 e. The van der Waals surface area contributed by atoms with Crippen molar-refractivity contribution in [3.8, 4) is 17.1 Å². The summed E-state index contributed by atoms with van der Waals surface area (Å²) in [5.41, 5.74) is 4.75. The van der Waals surface area contributed by atoms with E-state index in [1.54, 1.807) is 24.3 Å². The van der Waals surface area contributed by atoms with Crippen LogP contribution in [0.4, 0.5) is 0 Å². The maximum Gasteiger partial charge on any atom is 0.275 e. The van der Waals surface area contributed by atoms with Crippen LogP contribution in [0.15, 0.2) is 64.1 Å². The Bertz CT molecular complexity index is 963. The molecule has 132 valence electrons. The number of amides is 1. The minimum atomic E-state index is -0.361. The Hall–Kier alpha value is -3.05. The van der Waals surface area contributed by atoms with Gasteiger partial charge in [0, 0.05) is 10.6 Å². The molecule has 0 aliphatic rings. The van der Waals surface area contributed by atoms with Gasteiger partial charge in [0.25, 0.3) is 5.91 Å². The highest BCUT2D eigenvalue weighted by Crippen LogP contribution is 2.24. The Kier molecular flexibility index (Phi) is 5.39. The normalized spacial score (nSPS) is 10.9. The number of aryl methyl sites for hydroxylation is 1. The van der Waals surface area contributed by atoms with E-state index in [4.69, 9.17) is 20.8 Å². The van der Waals surface area contributed by atoms with Crippen molar-refractivity contribution >= 4 is 23.7 Å². The smallest absolute Gasteiger partial charge is 0.275 e. The zero-order chi connectivity index (χ0) is 18.5. The van der Waals surface area contributed by atoms with Gasteiger partial charge in [0.2, 0.25) is 0 Å². The number of benzene rings is 2. The molecule has 0 saturated heterocycles. The van der Waals surface area contributed by atoms with Gasteiger partial charge in [0.05, 0.1) is 18.9 Å². The zero-order valence-electron chi connectivity index (χ0n) is 14.3. The minimum Gasteiger partial charge on any atom is -0.496 e. The van der Waals surface area contributed by atoms with Gasteiger partial charge in [-0.15, -0.1) is 0 Å². The van der Waals surface area contributed by atoms with Gasteiger partial charge in [-0.3, -0.25) is 4.79 Å². The first-order valence-electron chi connectivity index (χ1n) is 7.90. The van der Waals surface area contributed by atoms with Gasteiger partial charge in [-0.2, -0.15) is 5.10 Å². The van der Waals surface area contributed by atoms with E-state index in [1.165, 1.54) is 13.3 Å². The number of carbonyl (C=O) groups excluding carboxylic acids is 1. The van der Waals surface area contributed by atoms with Crippen LogP contribution < -0.4 is 10.2 Å². The summed E-state index contributed by atoms with van der Waals surface area (Å²) in [5.74, 6) is 1.32. The Labute approximate surface area is 156 Å². The molecule has 5 nitrogen and oxygen atoms in total. The lowest BCUT2D eigenvalue weighted by atomic mass is 10.1. The van der Waals surface area contributed by atoms with Crippen molar-refractivity contribution in [1.82, 2.24) is 5.43 Å². The van der Waals surface area contributed by atoms with Crippen molar-refractivity contribution in [1.29, 1.82) is 0 Å². The van der Waals surface area contributed by atoms with Crippen molar-refractivity contribution in [3.05, 3.63) is 76.5 Å². The van der Waals surface area contributed by atoms with Gasteiger partial charge < -0.3 is 9.15 Å². The molecule has 0 unspecified atom stereocenters. The van der Waals surface area contributed by atoms with Crippen LogP contribution in [-0.4, -0.2) is 19.2 Å². The van der Waals surface area contributed by atoms with Gasteiger partial charge in [-0.1, -0.05) is 29.8 Å². The summed E-state index contributed by atoms with van der Waals surface area (Å²) in [6.45, 7) is 1.93. The number of furan rings is 1. The Morgan fingerprint density at radius 1 is 1.19 bits per heavy atom. The van der Waals surface area contributed by atoms with E-state index in [0.717, 1.165) is 11.1 Å². The van der Waals surface area contributed by atoms with Gasteiger partial charge in [-0.25, -0.2) is 5.43 Å². The molecule has 6 heteroatoms. The number of hydrogen-bond donors (Lipinski definition) is 1. The van der Waals surface area contributed by atoms with Crippen molar-refractivity contribution in [2.75, 3.05) is 7.11 Å². The molecule has 0 radical (unpaired) electrons. The molecule has 0 spiro atoms. The van der Waals surface area contributed by atoms with Gasteiger partial charge >= 0.3 is 0 Å². The second kappa shape index (κ2) is 7.89. The maximum atomic E-state index is 12.2. The first-order chi connectivity index (χ1) is 12.6. The highest BCUT2D eigenvalue weighted by atomic mass is 35.5. The average Bonchev–Trinajstić information content (AvgIpc) is 3.10. The fourth-order valence-electron chi connectivity index (χ4n) is 2.42. The molecule has 1 aromatic heterocycles. The SMILES string of the molecule is COc1cc(C)ccc1C(=O)N/N=C\c1ccc(-c2cccc(Cl)c2)o1. The molecular weight excluding hydrogens is 352 g/mol. The van der Waals surface area contributed by atoms with Crippen molar-refractivity contribution in [2.24, 2.45) is 5.10 Å². The molecule has 3 aromatic rings. The zero-order valence-corrected chi connectivity index (χ0v) is 15.1. The van der Waals surface area contributed by atoms with Gasteiger partial charge in [0.15, 0.2) is 0 Å². The van der Waals surface area contributed by atoms with Gasteiger partial charge in [0.1, 0.15) is 17.3 Å². The molecule has 1 amide bonds. The molecular formula is C20H17ClN2O3. The number of hydrogen-bond acceptors (Lipinski definition) is 4. The number of halogens is 1. The summed E-state index contributed by atoms with van der Waals surface area (Å²) < 4.78 is 10.9. The van der Waals surface area contributed by atoms with Crippen LogP contribution in [-0.2, 0) is 0 Å². The fraction of sp³-hybridized carbons (Fsp3) is 0.100.